The van der Waals surface area contributed by atoms with Crippen molar-refractivity contribution in [3.05, 3.63) is 46.3 Å². The van der Waals surface area contributed by atoms with Crippen LogP contribution in [0, 0.1) is 5.41 Å². The van der Waals surface area contributed by atoms with Gasteiger partial charge in [0.15, 0.2) is 0 Å². The van der Waals surface area contributed by atoms with Gasteiger partial charge in [-0.15, -0.1) is 0 Å². The molecule has 1 aromatic heterocycles. The molecule has 0 spiro atoms. The molecule has 2 rings (SSSR count). The normalized spacial score (nSPS) is 10.2. The summed E-state index contributed by atoms with van der Waals surface area (Å²) in [6.45, 7) is 1.48. The summed E-state index contributed by atoms with van der Waals surface area (Å²) in [7, 11) is 0. The molecule has 0 aliphatic rings. The van der Waals surface area contributed by atoms with E-state index in [4.69, 9.17) is 28.6 Å². The Morgan fingerprint density at radius 3 is 2.57 bits per heavy atom. The van der Waals surface area contributed by atoms with Gasteiger partial charge in [0.1, 0.15) is 12.0 Å². The molecule has 1 heterocycles. The summed E-state index contributed by atoms with van der Waals surface area (Å²) in [5.41, 5.74) is 1.34. The highest BCUT2D eigenvalue weighted by molar-refractivity contribution is 6.42. The van der Waals surface area contributed by atoms with Crippen molar-refractivity contribution in [2.45, 2.75) is 13.3 Å². The second kappa shape index (κ2) is 7.30. The zero-order valence-corrected chi connectivity index (χ0v) is 13.6. The quantitative estimate of drug-likeness (QED) is 0.827. The predicted octanol–water partition coefficient (Wildman–Crippen LogP) is 3.14. The molecule has 0 fully saturated rings. The van der Waals surface area contributed by atoms with E-state index in [1.165, 1.54) is 19.3 Å². The third kappa shape index (κ3) is 4.58. The monoisotopic (exact) mass is 350 g/mol. The number of carbonyl (C=O) groups excluding carboxylic acids is 2. The number of carbonyl (C=O) groups is 2. The Morgan fingerprint density at radius 2 is 1.91 bits per heavy atom. The van der Waals surface area contributed by atoms with Crippen LogP contribution in [0.5, 0.6) is 0 Å². The topological polar surface area (TPSA) is 95.8 Å². The van der Waals surface area contributed by atoms with E-state index in [9.17, 15) is 9.59 Å². The highest BCUT2D eigenvalue weighted by Gasteiger charge is 2.14. The first-order valence-corrected chi connectivity index (χ1v) is 7.28. The van der Waals surface area contributed by atoms with Gasteiger partial charge >= 0.3 is 0 Å². The van der Waals surface area contributed by atoms with Crippen LogP contribution < -0.4 is 5.32 Å². The lowest BCUT2D eigenvalue weighted by Crippen LogP contribution is -2.32. The Labute approximate surface area is 142 Å². The fourth-order valence-electron chi connectivity index (χ4n) is 1.77. The van der Waals surface area contributed by atoms with Gasteiger partial charge in [-0.05, 0) is 25.1 Å². The third-order valence-electron chi connectivity index (χ3n) is 2.79. The number of nitrogens with zero attached hydrogens (tertiary/aromatic N) is 2. The second-order valence-corrected chi connectivity index (χ2v) is 5.57. The molecular weight excluding hydrogens is 339 g/mol. The standard InChI is InChI=1S/C15H12Cl2N4O2/c1-8(18)4-14(22)21-15(23)13-6-12(19-7-20-13)9-2-3-10(16)11(17)5-9/h2-3,5-7,18H,4H2,1H3,(H,21,22,23). The molecule has 118 valence electrons. The zero-order valence-electron chi connectivity index (χ0n) is 12.1. The van der Waals surface area contributed by atoms with Crippen LogP contribution in [0.4, 0.5) is 0 Å². The molecular formula is C15H12Cl2N4O2. The van der Waals surface area contributed by atoms with Crippen LogP contribution in [-0.4, -0.2) is 27.5 Å². The van der Waals surface area contributed by atoms with E-state index < -0.39 is 11.8 Å². The summed E-state index contributed by atoms with van der Waals surface area (Å²) in [6, 6.07) is 6.40. The van der Waals surface area contributed by atoms with Gasteiger partial charge in [-0.25, -0.2) is 9.97 Å². The molecule has 0 atom stereocenters. The maximum Gasteiger partial charge on any atom is 0.276 e. The predicted molar refractivity (Wildman–Crippen MR) is 88.0 cm³/mol. The van der Waals surface area contributed by atoms with Crippen LogP contribution in [0.1, 0.15) is 23.8 Å². The molecule has 2 amide bonds. The minimum Gasteiger partial charge on any atom is -0.309 e. The van der Waals surface area contributed by atoms with Gasteiger partial charge in [0.2, 0.25) is 5.91 Å². The molecule has 0 radical (unpaired) electrons. The zero-order chi connectivity index (χ0) is 17.0. The van der Waals surface area contributed by atoms with Crippen molar-refractivity contribution in [1.82, 2.24) is 15.3 Å². The average Bonchev–Trinajstić information content (AvgIpc) is 2.49. The first kappa shape index (κ1) is 17.1. The number of halogens is 2. The summed E-state index contributed by atoms with van der Waals surface area (Å²) >= 11 is 11.8. The number of nitrogens with one attached hydrogen (secondary N) is 2. The lowest BCUT2D eigenvalue weighted by molar-refractivity contribution is -0.118. The van der Waals surface area contributed by atoms with Crippen LogP contribution in [0.15, 0.2) is 30.6 Å². The summed E-state index contributed by atoms with van der Waals surface area (Å²) in [4.78, 5) is 31.5. The number of amides is 2. The van der Waals surface area contributed by atoms with Gasteiger partial charge in [0, 0.05) is 11.3 Å². The maximum atomic E-state index is 12.0. The highest BCUT2D eigenvalue weighted by Crippen LogP contribution is 2.27. The van der Waals surface area contributed by atoms with Crippen molar-refractivity contribution < 1.29 is 9.59 Å². The van der Waals surface area contributed by atoms with E-state index in [2.05, 4.69) is 15.3 Å². The van der Waals surface area contributed by atoms with Crippen LogP contribution in [0.2, 0.25) is 10.0 Å². The summed E-state index contributed by atoms with van der Waals surface area (Å²) < 4.78 is 0. The maximum absolute atomic E-state index is 12.0. The van der Waals surface area contributed by atoms with Gasteiger partial charge in [-0.2, -0.15) is 0 Å². The number of rotatable bonds is 4. The van der Waals surface area contributed by atoms with E-state index in [-0.39, 0.29) is 17.8 Å². The highest BCUT2D eigenvalue weighted by atomic mass is 35.5. The third-order valence-corrected chi connectivity index (χ3v) is 3.53. The van der Waals surface area contributed by atoms with E-state index in [0.717, 1.165) is 0 Å². The smallest absolute Gasteiger partial charge is 0.276 e. The van der Waals surface area contributed by atoms with E-state index in [1.54, 1.807) is 18.2 Å². The van der Waals surface area contributed by atoms with Gasteiger partial charge in [-0.1, -0.05) is 29.3 Å². The molecule has 0 bridgehead atoms. The summed E-state index contributed by atoms with van der Waals surface area (Å²) in [5.74, 6) is -1.21. The molecule has 0 aliphatic carbocycles. The van der Waals surface area contributed by atoms with Crippen LogP contribution in [-0.2, 0) is 4.79 Å². The van der Waals surface area contributed by atoms with Gasteiger partial charge in [0.05, 0.1) is 22.2 Å². The van der Waals surface area contributed by atoms with Crippen molar-refractivity contribution >= 4 is 40.7 Å². The number of aromatic nitrogens is 2. The van der Waals surface area contributed by atoms with Crippen molar-refractivity contribution in [3.63, 3.8) is 0 Å². The fourth-order valence-corrected chi connectivity index (χ4v) is 2.07. The first-order chi connectivity index (χ1) is 10.9. The molecule has 0 saturated carbocycles. The van der Waals surface area contributed by atoms with Crippen molar-refractivity contribution in [2.75, 3.05) is 0 Å². The van der Waals surface area contributed by atoms with Crippen LogP contribution >= 0.6 is 23.2 Å². The molecule has 6 nitrogen and oxygen atoms in total. The average molecular weight is 351 g/mol. The Hall–Kier alpha value is -2.31. The Balaban J connectivity index is 2.22. The number of hydrogen-bond acceptors (Lipinski definition) is 5. The SMILES string of the molecule is CC(=N)CC(=O)NC(=O)c1cc(-c2ccc(Cl)c(Cl)c2)ncn1. The van der Waals surface area contributed by atoms with Gasteiger partial charge in [0.25, 0.3) is 5.91 Å². The molecule has 2 aromatic rings. The second-order valence-electron chi connectivity index (χ2n) is 4.75. The number of benzene rings is 1. The van der Waals surface area contributed by atoms with Crippen LogP contribution in [0.25, 0.3) is 11.3 Å². The van der Waals surface area contributed by atoms with Crippen molar-refractivity contribution in [2.24, 2.45) is 0 Å². The van der Waals surface area contributed by atoms with Crippen molar-refractivity contribution in [1.29, 1.82) is 5.41 Å². The molecule has 23 heavy (non-hydrogen) atoms. The van der Waals surface area contributed by atoms with E-state index in [1.807, 2.05) is 0 Å². The lowest BCUT2D eigenvalue weighted by atomic mass is 10.1. The van der Waals surface area contributed by atoms with E-state index in [0.29, 0.717) is 21.3 Å². The summed E-state index contributed by atoms with van der Waals surface area (Å²) in [6.07, 6.45) is 1.08. The molecule has 0 saturated heterocycles. The lowest BCUT2D eigenvalue weighted by Gasteiger charge is -2.06. The van der Waals surface area contributed by atoms with Gasteiger partial charge < -0.3 is 5.41 Å². The van der Waals surface area contributed by atoms with Crippen molar-refractivity contribution in [3.8, 4) is 11.3 Å². The van der Waals surface area contributed by atoms with E-state index >= 15 is 0 Å². The minimum atomic E-state index is -0.653. The molecule has 1 aromatic carbocycles. The number of imide groups is 1. The summed E-state index contributed by atoms with van der Waals surface area (Å²) in [5, 5.41) is 10.2. The minimum absolute atomic E-state index is 0.0389. The fraction of sp³-hybridized carbons (Fsp3) is 0.133. The molecule has 2 N–H and O–H groups in total. The Morgan fingerprint density at radius 1 is 1.17 bits per heavy atom. The number of hydrogen-bond donors (Lipinski definition) is 2. The first-order valence-electron chi connectivity index (χ1n) is 6.52. The Bertz CT molecular complexity index is 793. The molecule has 8 heteroatoms. The van der Waals surface area contributed by atoms with Gasteiger partial charge in [-0.3, -0.25) is 14.9 Å². The van der Waals surface area contributed by atoms with Crippen LogP contribution in [0.3, 0.4) is 0 Å². The Kier molecular flexibility index (Phi) is 5.41. The largest absolute Gasteiger partial charge is 0.309 e. The molecule has 0 unspecified atom stereocenters. The molecule has 0 aliphatic heterocycles.